The SMILES string of the molecule is COc1ccc([C@@H]2C[C@@]3(ON2C)C(=O)c2ccccc2OC3(C)C)cc1. The van der Waals surface area contributed by atoms with Crippen LogP contribution in [0.1, 0.15) is 42.2 Å². The van der Waals surface area contributed by atoms with E-state index in [0.717, 1.165) is 11.3 Å². The first kappa shape index (κ1) is 17.1. The average Bonchev–Trinajstić information content (AvgIpc) is 2.99. The number of carbonyl (C=O) groups excluding carboxylic acids is 1. The molecule has 2 aromatic rings. The Kier molecular flexibility index (Phi) is 3.82. The molecule has 0 saturated carbocycles. The summed E-state index contributed by atoms with van der Waals surface area (Å²) >= 11 is 0. The Morgan fingerprint density at radius 2 is 1.81 bits per heavy atom. The van der Waals surface area contributed by atoms with Crippen LogP contribution in [-0.4, -0.2) is 36.2 Å². The molecule has 0 N–H and O–H groups in total. The van der Waals surface area contributed by atoms with Crippen molar-refractivity contribution in [1.29, 1.82) is 0 Å². The number of fused-ring (bicyclic) bond motifs is 1. The van der Waals surface area contributed by atoms with Crippen LogP contribution in [0.5, 0.6) is 11.5 Å². The Balaban J connectivity index is 1.73. The molecule has 0 amide bonds. The number of benzene rings is 2. The molecular formula is C21H23NO4. The van der Waals surface area contributed by atoms with Crippen molar-refractivity contribution in [3.8, 4) is 11.5 Å². The van der Waals surface area contributed by atoms with Crippen LogP contribution < -0.4 is 9.47 Å². The van der Waals surface area contributed by atoms with Gasteiger partial charge >= 0.3 is 0 Å². The van der Waals surface area contributed by atoms with Gasteiger partial charge < -0.3 is 9.47 Å². The van der Waals surface area contributed by atoms with E-state index in [2.05, 4.69) is 0 Å². The third-order valence-corrected chi connectivity index (χ3v) is 5.56. The number of hydrogen-bond donors (Lipinski definition) is 0. The number of nitrogens with zero attached hydrogens (tertiary/aromatic N) is 1. The normalized spacial score (nSPS) is 27.2. The molecule has 2 aliphatic rings. The Morgan fingerprint density at radius 1 is 1.12 bits per heavy atom. The summed E-state index contributed by atoms with van der Waals surface area (Å²) in [6, 6.07) is 15.2. The van der Waals surface area contributed by atoms with Gasteiger partial charge in [0, 0.05) is 13.5 Å². The zero-order valence-electron chi connectivity index (χ0n) is 15.5. The van der Waals surface area contributed by atoms with Gasteiger partial charge in [0.1, 0.15) is 17.1 Å². The second-order valence-corrected chi connectivity index (χ2v) is 7.40. The van der Waals surface area contributed by atoms with Crippen molar-refractivity contribution in [2.75, 3.05) is 14.2 Å². The van der Waals surface area contributed by atoms with Crippen molar-refractivity contribution in [3.05, 3.63) is 59.7 Å². The zero-order chi connectivity index (χ0) is 18.5. The van der Waals surface area contributed by atoms with Crippen LogP contribution in [0.25, 0.3) is 0 Å². The summed E-state index contributed by atoms with van der Waals surface area (Å²) in [4.78, 5) is 19.7. The van der Waals surface area contributed by atoms with Crippen molar-refractivity contribution in [2.24, 2.45) is 0 Å². The minimum Gasteiger partial charge on any atom is -0.497 e. The van der Waals surface area contributed by atoms with Gasteiger partial charge in [-0.1, -0.05) is 24.3 Å². The van der Waals surface area contributed by atoms with Crippen molar-refractivity contribution in [1.82, 2.24) is 5.06 Å². The highest BCUT2D eigenvalue weighted by molar-refractivity contribution is 6.06. The molecule has 5 heteroatoms. The Hall–Kier alpha value is -2.37. The minimum atomic E-state index is -1.05. The summed E-state index contributed by atoms with van der Waals surface area (Å²) in [5.41, 5.74) is -0.183. The molecule has 0 aliphatic carbocycles. The van der Waals surface area contributed by atoms with Crippen LogP contribution in [0.15, 0.2) is 48.5 Å². The van der Waals surface area contributed by atoms with Crippen LogP contribution in [0.3, 0.4) is 0 Å². The van der Waals surface area contributed by atoms with E-state index in [9.17, 15) is 4.79 Å². The number of hydrogen-bond acceptors (Lipinski definition) is 5. The predicted octanol–water partition coefficient (Wildman–Crippen LogP) is 3.80. The number of para-hydroxylation sites is 1. The van der Waals surface area contributed by atoms with Crippen LogP contribution >= 0.6 is 0 Å². The molecular weight excluding hydrogens is 330 g/mol. The Labute approximate surface area is 153 Å². The lowest BCUT2D eigenvalue weighted by Crippen LogP contribution is -2.61. The molecule has 1 fully saturated rings. The fourth-order valence-corrected chi connectivity index (χ4v) is 3.98. The maximum Gasteiger partial charge on any atom is 0.204 e. The maximum absolute atomic E-state index is 13.4. The van der Waals surface area contributed by atoms with Crippen LogP contribution in [0.4, 0.5) is 0 Å². The molecule has 1 spiro atoms. The van der Waals surface area contributed by atoms with Crippen molar-refractivity contribution in [2.45, 2.75) is 37.5 Å². The molecule has 26 heavy (non-hydrogen) atoms. The van der Waals surface area contributed by atoms with Gasteiger partial charge in [-0.3, -0.25) is 9.63 Å². The molecule has 4 rings (SSSR count). The summed E-state index contributed by atoms with van der Waals surface area (Å²) in [6.45, 7) is 3.84. The van der Waals surface area contributed by atoms with Gasteiger partial charge in [0.2, 0.25) is 5.78 Å². The molecule has 2 atom stereocenters. The first-order valence-electron chi connectivity index (χ1n) is 8.77. The van der Waals surface area contributed by atoms with Gasteiger partial charge in [0.25, 0.3) is 0 Å². The van der Waals surface area contributed by atoms with E-state index in [1.807, 2.05) is 63.4 Å². The predicted molar refractivity (Wildman–Crippen MR) is 97.4 cm³/mol. The first-order valence-corrected chi connectivity index (χ1v) is 8.77. The lowest BCUT2D eigenvalue weighted by Gasteiger charge is -2.45. The standard InChI is InChI=1S/C21H23NO4/c1-20(2)21(19(23)16-7-5-6-8-18(16)25-20)13-17(22(3)26-21)14-9-11-15(24-4)12-10-14/h5-12,17H,13H2,1-4H3/t17-,21+/m0/s1. The highest BCUT2D eigenvalue weighted by atomic mass is 16.7. The molecule has 5 nitrogen and oxygen atoms in total. The summed E-state index contributed by atoms with van der Waals surface area (Å²) in [7, 11) is 3.51. The molecule has 2 aromatic carbocycles. The summed E-state index contributed by atoms with van der Waals surface area (Å²) in [6.07, 6.45) is 0.524. The summed E-state index contributed by atoms with van der Waals surface area (Å²) in [5, 5.41) is 1.78. The smallest absolute Gasteiger partial charge is 0.204 e. The van der Waals surface area contributed by atoms with E-state index in [0.29, 0.717) is 17.7 Å². The van der Waals surface area contributed by atoms with Gasteiger partial charge in [-0.15, -0.1) is 0 Å². The van der Waals surface area contributed by atoms with E-state index in [-0.39, 0.29) is 11.8 Å². The van der Waals surface area contributed by atoms with E-state index in [1.165, 1.54) is 0 Å². The monoisotopic (exact) mass is 353 g/mol. The second-order valence-electron chi connectivity index (χ2n) is 7.40. The van der Waals surface area contributed by atoms with Gasteiger partial charge in [0.05, 0.1) is 18.7 Å². The molecule has 0 radical (unpaired) electrons. The molecule has 0 bridgehead atoms. The molecule has 2 aliphatic heterocycles. The highest BCUT2D eigenvalue weighted by Gasteiger charge is 2.63. The van der Waals surface area contributed by atoms with Crippen molar-refractivity contribution < 1.29 is 19.1 Å². The fraction of sp³-hybridized carbons (Fsp3) is 0.381. The third-order valence-electron chi connectivity index (χ3n) is 5.56. The van der Waals surface area contributed by atoms with Crippen molar-refractivity contribution in [3.63, 3.8) is 0 Å². The largest absolute Gasteiger partial charge is 0.497 e. The topological polar surface area (TPSA) is 48.0 Å². The van der Waals surface area contributed by atoms with E-state index in [1.54, 1.807) is 18.2 Å². The molecule has 0 aromatic heterocycles. The molecule has 0 unspecified atom stereocenters. The Bertz CT molecular complexity index is 845. The number of hydroxylamine groups is 2. The van der Waals surface area contributed by atoms with E-state index >= 15 is 0 Å². The average molecular weight is 353 g/mol. The van der Waals surface area contributed by atoms with Gasteiger partial charge in [-0.2, -0.15) is 5.06 Å². The molecule has 1 saturated heterocycles. The van der Waals surface area contributed by atoms with Gasteiger partial charge in [-0.25, -0.2) is 0 Å². The number of Topliss-reactive ketones (excluding diaryl/α,β-unsaturated/α-hetero) is 1. The third kappa shape index (κ3) is 2.35. The number of ketones is 1. The quantitative estimate of drug-likeness (QED) is 0.822. The lowest BCUT2D eigenvalue weighted by atomic mass is 9.73. The minimum absolute atomic E-state index is 0.0211. The van der Waals surface area contributed by atoms with Crippen LogP contribution in [0, 0.1) is 0 Å². The lowest BCUT2D eigenvalue weighted by molar-refractivity contribution is -0.220. The van der Waals surface area contributed by atoms with Crippen LogP contribution in [-0.2, 0) is 4.84 Å². The van der Waals surface area contributed by atoms with Crippen LogP contribution in [0.2, 0.25) is 0 Å². The maximum atomic E-state index is 13.4. The van der Waals surface area contributed by atoms with E-state index in [4.69, 9.17) is 14.3 Å². The van der Waals surface area contributed by atoms with Gasteiger partial charge in [0.15, 0.2) is 5.60 Å². The van der Waals surface area contributed by atoms with Gasteiger partial charge in [-0.05, 0) is 43.7 Å². The van der Waals surface area contributed by atoms with E-state index < -0.39 is 11.2 Å². The summed E-state index contributed by atoms with van der Waals surface area (Å²) in [5.74, 6) is 1.40. The Morgan fingerprint density at radius 3 is 2.50 bits per heavy atom. The fourth-order valence-electron chi connectivity index (χ4n) is 3.98. The number of carbonyl (C=O) groups is 1. The zero-order valence-corrected chi connectivity index (χ0v) is 15.5. The number of ether oxygens (including phenoxy) is 2. The number of methoxy groups -OCH3 is 1. The molecule has 2 heterocycles. The molecule has 136 valence electrons. The first-order chi connectivity index (χ1) is 12.4. The number of rotatable bonds is 2. The second kappa shape index (κ2) is 5.83. The highest BCUT2D eigenvalue weighted by Crippen LogP contribution is 2.51. The van der Waals surface area contributed by atoms with Crippen molar-refractivity contribution >= 4 is 5.78 Å². The summed E-state index contributed by atoms with van der Waals surface area (Å²) < 4.78 is 11.4.